The Labute approximate surface area is 84.0 Å². The number of hydrogen-bond acceptors (Lipinski definition) is 2. The first kappa shape index (κ1) is 11.2. The number of rotatable bonds is 1. The van der Waals surface area contributed by atoms with Gasteiger partial charge in [0.1, 0.15) is 8.24 Å². The number of nitrogens with zero attached hydrogens (tertiary/aromatic N) is 1. The number of hydrogen-bond donors (Lipinski definition) is 0. The predicted octanol–water partition coefficient (Wildman–Crippen LogP) is 3.11. The molecule has 0 amide bonds. The van der Waals surface area contributed by atoms with E-state index >= 15 is 0 Å². The van der Waals surface area contributed by atoms with Crippen molar-refractivity contribution < 1.29 is 4.39 Å². The topological polar surface area (TPSA) is 3.24 Å². The number of halogens is 1. The summed E-state index contributed by atoms with van der Waals surface area (Å²) in [5.41, 5.74) is -0.743. The van der Waals surface area contributed by atoms with Gasteiger partial charge in [-0.2, -0.15) is 0 Å². The first-order valence-electron chi connectivity index (χ1n) is 3.91. The van der Waals surface area contributed by atoms with Crippen molar-refractivity contribution in [2.45, 2.75) is 25.1 Å². The van der Waals surface area contributed by atoms with Gasteiger partial charge >= 0.3 is 0 Å². The molecule has 1 aliphatic rings. The van der Waals surface area contributed by atoms with E-state index in [1.54, 1.807) is 0 Å². The van der Waals surface area contributed by atoms with Gasteiger partial charge < -0.3 is 0 Å². The van der Waals surface area contributed by atoms with Gasteiger partial charge in [-0.1, -0.05) is 42.8 Å². The molecule has 1 rings (SSSR count). The molecule has 0 aliphatic carbocycles. The molecular formula is C6H15FNPS2Si. The molecule has 2 atom stereocenters. The third-order valence-corrected chi connectivity index (χ3v) is 13.1. The van der Waals surface area contributed by atoms with Gasteiger partial charge in [-0.05, 0) is 6.66 Å². The monoisotopic (exact) mass is 243 g/mol. The van der Waals surface area contributed by atoms with Gasteiger partial charge in [-0.3, -0.25) is 4.34 Å². The molecule has 6 heteroatoms. The minimum atomic E-state index is -1.56. The average Bonchev–Trinajstić information content (AvgIpc) is 2.02. The van der Waals surface area contributed by atoms with Gasteiger partial charge in [-0.15, -0.1) is 0 Å². The van der Waals surface area contributed by atoms with Crippen molar-refractivity contribution >= 4 is 36.8 Å². The van der Waals surface area contributed by atoms with Crippen LogP contribution in [-0.4, -0.2) is 31.3 Å². The number of alkyl halides is 1. The molecule has 1 saturated heterocycles. The Balaban J connectivity index is 2.86. The van der Waals surface area contributed by atoms with Gasteiger partial charge in [-0.25, -0.2) is 4.39 Å². The second kappa shape index (κ2) is 3.35. The van der Waals surface area contributed by atoms with Crippen molar-refractivity contribution in [1.82, 2.24) is 4.34 Å². The van der Waals surface area contributed by atoms with E-state index in [2.05, 4.69) is 24.0 Å². The van der Waals surface area contributed by atoms with E-state index in [-0.39, 0.29) is 0 Å². The Morgan fingerprint density at radius 1 is 1.58 bits per heavy atom. The fourth-order valence-corrected chi connectivity index (χ4v) is 15.8. The Hall–Kier alpha value is 1.11. The quantitative estimate of drug-likeness (QED) is 0.514. The highest BCUT2D eigenvalue weighted by Crippen LogP contribution is 2.67. The zero-order valence-electron chi connectivity index (χ0n) is 7.87. The third-order valence-electron chi connectivity index (χ3n) is 1.84. The molecule has 0 radical (unpaired) electrons. The van der Waals surface area contributed by atoms with Crippen molar-refractivity contribution in [3.63, 3.8) is 0 Å². The Bertz CT molecular complexity index is 230. The van der Waals surface area contributed by atoms with E-state index in [1.165, 1.54) is 11.4 Å². The van der Waals surface area contributed by atoms with E-state index in [4.69, 9.17) is 11.8 Å². The van der Waals surface area contributed by atoms with Crippen LogP contribution in [0.5, 0.6) is 0 Å². The molecule has 0 spiro atoms. The lowest BCUT2D eigenvalue weighted by atomic mass is 10.8. The molecule has 0 N–H and O–H groups in total. The van der Waals surface area contributed by atoms with Crippen LogP contribution < -0.4 is 0 Å². The normalized spacial score (nSPS) is 38.9. The molecule has 1 fully saturated rings. The fraction of sp³-hybridized carbons (Fsp3) is 1.00. The highest BCUT2D eigenvalue weighted by atomic mass is 32.9. The summed E-state index contributed by atoms with van der Waals surface area (Å²) in [6.07, 6.45) is 0. The second-order valence-electron chi connectivity index (χ2n) is 4.07. The van der Waals surface area contributed by atoms with Crippen molar-refractivity contribution in [2.75, 3.05) is 13.2 Å². The average molecular weight is 243 g/mol. The lowest BCUT2D eigenvalue weighted by Crippen LogP contribution is -2.41. The Morgan fingerprint density at radius 2 is 2.08 bits per heavy atom. The van der Waals surface area contributed by atoms with Crippen LogP contribution in [-0.2, 0) is 11.8 Å². The van der Waals surface area contributed by atoms with E-state index in [0.29, 0.717) is 6.54 Å². The second-order valence-corrected chi connectivity index (χ2v) is 17.7. The summed E-state index contributed by atoms with van der Waals surface area (Å²) in [6.45, 7) is 9.31. The molecule has 1 heterocycles. The predicted molar refractivity (Wildman–Crippen MR) is 62.7 cm³/mol. The third kappa shape index (κ3) is 2.32. The zero-order valence-corrected chi connectivity index (χ0v) is 11.4. The minimum Gasteiger partial charge on any atom is -0.285 e. The molecule has 0 bridgehead atoms. The maximum atomic E-state index is 13.1. The lowest BCUT2D eigenvalue weighted by Gasteiger charge is -2.34. The van der Waals surface area contributed by atoms with Crippen LogP contribution in [0.4, 0.5) is 4.39 Å². The molecule has 1 nitrogen and oxygen atoms in total. The maximum absolute atomic E-state index is 13.1. The molecular weight excluding hydrogens is 228 g/mol. The fourth-order valence-electron chi connectivity index (χ4n) is 1.41. The molecule has 12 heavy (non-hydrogen) atoms. The first-order chi connectivity index (χ1) is 5.23. The Morgan fingerprint density at radius 3 is 2.25 bits per heavy atom. The highest BCUT2D eigenvalue weighted by molar-refractivity contribution is 8.70. The smallest absolute Gasteiger partial charge is 0.163 e. The van der Waals surface area contributed by atoms with Gasteiger partial charge in [0, 0.05) is 6.54 Å². The molecule has 0 aromatic rings. The highest BCUT2D eigenvalue weighted by Gasteiger charge is 2.41. The summed E-state index contributed by atoms with van der Waals surface area (Å²) < 4.78 is 15.4. The van der Waals surface area contributed by atoms with Crippen LogP contribution in [0.15, 0.2) is 0 Å². The van der Waals surface area contributed by atoms with E-state index in [0.717, 1.165) is 0 Å². The minimum absolute atomic E-state index is 0.564. The Kier molecular flexibility index (Phi) is 3.12. The van der Waals surface area contributed by atoms with Gasteiger partial charge in [0.15, 0.2) is 5.50 Å². The van der Waals surface area contributed by atoms with Crippen LogP contribution in [0.2, 0.25) is 19.6 Å². The zero-order chi connectivity index (χ0) is 9.57. The van der Waals surface area contributed by atoms with Crippen LogP contribution in [0, 0.1) is 0 Å². The van der Waals surface area contributed by atoms with Gasteiger partial charge in [0.2, 0.25) is 0 Å². The summed E-state index contributed by atoms with van der Waals surface area (Å²) in [6, 6.07) is 0. The van der Waals surface area contributed by atoms with Crippen molar-refractivity contribution in [3.8, 4) is 0 Å². The molecule has 2 unspecified atom stereocenters. The van der Waals surface area contributed by atoms with E-state index in [9.17, 15) is 4.39 Å². The lowest BCUT2D eigenvalue weighted by molar-refractivity contribution is 0.420. The van der Waals surface area contributed by atoms with Gasteiger partial charge in [0.05, 0.1) is 5.39 Å². The molecule has 72 valence electrons. The standard InChI is InChI=1S/C6H15FNPS2Si/c1-9(10)8(12(2,3)4)5-6(7)11-9/h6H,5H2,1-4H3. The van der Waals surface area contributed by atoms with Gasteiger partial charge in [0.25, 0.3) is 0 Å². The summed E-state index contributed by atoms with van der Waals surface area (Å²) in [5.74, 6) is 0. The van der Waals surface area contributed by atoms with Crippen molar-refractivity contribution in [1.29, 1.82) is 0 Å². The summed E-state index contributed by atoms with van der Waals surface area (Å²) in [5, 5.41) is -1.56. The summed E-state index contributed by atoms with van der Waals surface area (Å²) >= 11 is 6.83. The largest absolute Gasteiger partial charge is 0.285 e. The van der Waals surface area contributed by atoms with E-state index in [1.807, 2.05) is 6.66 Å². The van der Waals surface area contributed by atoms with Crippen LogP contribution in [0.25, 0.3) is 0 Å². The molecule has 0 saturated carbocycles. The summed E-state index contributed by atoms with van der Waals surface area (Å²) in [4.78, 5) is 0. The van der Waals surface area contributed by atoms with Crippen molar-refractivity contribution in [2.24, 2.45) is 0 Å². The maximum Gasteiger partial charge on any atom is 0.163 e. The SMILES string of the molecule is C[Si](C)(C)N1CC(F)SP1(C)=S. The first-order valence-corrected chi connectivity index (χ1v) is 12.0. The van der Waals surface area contributed by atoms with Crippen LogP contribution in [0.1, 0.15) is 0 Å². The van der Waals surface area contributed by atoms with E-state index < -0.39 is 19.1 Å². The van der Waals surface area contributed by atoms with Crippen molar-refractivity contribution in [3.05, 3.63) is 0 Å². The summed E-state index contributed by atoms with van der Waals surface area (Å²) in [7, 11) is -1.38. The molecule has 1 aliphatic heterocycles. The van der Waals surface area contributed by atoms with Crippen LogP contribution >= 0.6 is 16.8 Å². The molecule has 0 aromatic carbocycles. The molecule has 0 aromatic heterocycles. The van der Waals surface area contributed by atoms with Crippen LogP contribution in [0.3, 0.4) is 0 Å².